The van der Waals surface area contributed by atoms with Crippen molar-refractivity contribution in [1.82, 2.24) is 4.90 Å². The van der Waals surface area contributed by atoms with Gasteiger partial charge in [-0.25, -0.2) is 4.79 Å². The van der Waals surface area contributed by atoms with Gasteiger partial charge in [-0.3, -0.25) is 0 Å². The molecule has 22 heavy (non-hydrogen) atoms. The topological polar surface area (TPSA) is 59.0 Å². The van der Waals surface area contributed by atoms with Crippen LogP contribution in [0.5, 0.6) is 11.5 Å². The Morgan fingerprint density at radius 3 is 2.41 bits per heavy atom. The lowest BCUT2D eigenvalue weighted by atomic mass is 10.2. The van der Waals surface area contributed by atoms with Crippen molar-refractivity contribution in [1.29, 1.82) is 0 Å². The van der Waals surface area contributed by atoms with Crippen LogP contribution in [0.25, 0.3) is 0 Å². The van der Waals surface area contributed by atoms with Gasteiger partial charge in [-0.2, -0.15) is 0 Å². The Balaban J connectivity index is 0.00000441. The van der Waals surface area contributed by atoms with Crippen LogP contribution < -0.4 is 4.74 Å². The number of halogens is 1. The van der Waals surface area contributed by atoms with E-state index in [0.717, 1.165) is 19.5 Å². The molecule has 1 rings (SSSR count). The highest BCUT2D eigenvalue weighted by molar-refractivity contribution is 5.92. The van der Waals surface area contributed by atoms with Crippen molar-refractivity contribution < 1.29 is 19.4 Å². The molecule has 1 N–H and O–H groups in total. The monoisotopic (exact) mass is 331 g/mol. The fourth-order valence-electron chi connectivity index (χ4n) is 1.88. The van der Waals surface area contributed by atoms with Gasteiger partial charge in [0.05, 0.1) is 6.61 Å². The number of aromatic hydroxyl groups is 1. The van der Waals surface area contributed by atoms with Crippen molar-refractivity contribution in [3.8, 4) is 11.5 Å². The van der Waals surface area contributed by atoms with Crippen LogP contribution in [0, 0.1) is 0 Å². The van der Waals surface area contributed by atoms with E-state index in [4.69, 9.17) is 9.47 Å². The Bertz CT molecular complexity index is 450. The fraction of sp³-hybridized carbons (Fsp3) is 0.562. The molecule has 0 heterocycles. The molecule has 0 fully saturated rings. The molecule has 0 aliphatic heterocycles. The van der Waals surface area contributed by atoms with Crippen LogP contribution in [-0.2, 0) is 4.74 Å². The maximum atomic E-state index is 11.9. The number of nitrogens with zero attached hydrogens (tertiary/aromatic N) is 1. The smallest absolute Gasteiger partial charge is 0.341 e. The predicted molar refractivity (Wildman–Crippen MR) is 89.2 cm³/mol. The summed E-state index contributed by atoms with van der Waals surface area (Å²) < 4.78 is 10.6. The second-order valence-corrected chi connectivity index (χ2v) is 4.69. The summed E-state index contributed by atoms with van der Waals surface area (Å²) in [6.07, 6.45) is 0.885. The molecule has 5 nitrogen and oxygen atoms in total. The SMILES string of the molecule is CCCOc1ccc(C(=O)OCCN(CC)CC)c(O)c1.Cl. The zero-order valence-corrected chi connectivity index (χ0v) is 14.3. The average Bonchev–Trinajstić information content (AvgIpc) is 2.49. The lowest BCUT2D eigenvalue weighted by Gasteiger charge is -2.17. The highest BCUT2D eigenvalue weighted by atomic mass is 35.5. The van der Waals surface area contributed by atoms with E-state index in [0.29, 0.717) is 25.5 Å². The van der Waals surface area contributed by atoms with E-state index in [1.54, 1.807) is 6.07 Å². The number of carbonyl (C=O) groups is 1. The zero-order chi connectivity index (χ0) is 15.7. The summed E-state index contributed by atoms with van der Waals surface area (Å²) in [5.74, 6) is -0.0767. The van der Waals surface area contributed by atoms with Gasteiger partial charge in [0, 0.05) is 12.6 Å². The quantitative estimate of drug-likeness (QED) is 0.705. The van der Waals surface area contributed by atoms with Crippen LogP contribution in [0.1, 0.15) is 37.6 Å². The molecule has 0 atom stereocenters. The second kappa shape index (κ2) is 11.2. The lowest BCUT2D eigenvalue weighted by molar-refractivity contribution is 0.0463. The molecular formula is C16H26ClNO4. The number of benzene rings is 1. The van der Waals surface area contributed by atoms with Gasteiger partial charge in [-0.05, 0) is 31.6 Å². The minimum absolute atomic E-state index is 0. The molecule has 0 aliphatic rings. The lowest BCUT2D eigenvalue weighted by Crippen LogP contribution is -2.27. The van der Waals surface area contributed by atoms with E-state index in [2.05, 4.69) is 18.7 Å². The molecule has 0 saturated carbocycles. The summed E-state index contributed by atoms with van der Waals surface area (Å²) >= 11 is 0. The fourth-order valence-corrected chi connectivity index (χ4v) is 1.88. The molecule has 0 aliphatic carbocycles. The first-order chi connectivity index (χ1) is 10.1. The first-order valence-electron chi connectivity index (χ1n) is 7.47. The largest absolute Gasteiger partial charge is 0.507 e. The Kier molecular flexibility index (Phi) is 10.4. The molecule has 0 bridgehead atoms. The molecule has 0 spiro atoms. The van der Waals surface area contributed by atoms with Crippen molar-refractivity contribution in [2.24, 2.45) is 0 Å². The molecule has 0 saturated heterocycles. The van der Waals surface area contributed by atoms with Crippen LogP contribution in [-0.4, -0.2) is 48.8 Å². The van der Waals surface area contributed by atoms with Gasteiger partial charge in [0.15, 0.2) is 0 Å². The Morgan fingerprint density at radius 2 is 1.86 bits per heavy atom. The summed E-state index contributed by atoms with van der Waals surface area (Å²) in [5.41, 5.74) is 0.165. The maximum Gasteiger partial charge on any atom is 0.341 e. The van der Waals surface area contributed by atoms with E-state index in [-0.39, 0.29) is 23.7 Å². The van der Waals surface area contributed by atoms with E-state index in [9.17, 15) is 9.90 Å². The number of esters is 1. The molecule has 0 amide bonds. The van der Waals surface area contributed by atoms with Gasteiger partial charge in [-0.1, -0.05) is 20.8 Å². The first kappa shape index (κ1) is 20.5. The van der Waals surface area contributed by atoms with Gasteiger partial charge < -0.3 is 19.5 Å². The number of rotatable bonds is 9. The third kappa shape index (κ3) is 6.54. The van der Waals surface area contributed by atoms with E-state index >= 15 is 0 Å². The van der Waals surface area contributed by atoms with Crippen LogP contribution in [0.15, 0.2) is 18.2 Å². The summed E-state index contributed by atoms with van der Waals surface area (Å²) in [7, 11) is 0. The van der Waals surface area contributed by atoms with E-state index in [1.807, 2.05) is 6.92 Å². The number of hydrogen-bond acceptors (Lipinski definition) is 5. The van der Waals surface area contributed by atoms with Crippen LogP contribution in [0.4, 0.5) is 0 Å². The van der Waals surface area contributed by atoms with Crippen LogP contribution >= 0.6 is 12.4 Å². The normalized spacial score (nSPS) is 10.2. The van der Waals surface area contributed by atoms with Gasteiger partial charge in [-0.15, -0.1) is 12.4 Å². The molecule has 126 valence electrons. The molecule has 0 aromatic heterocycles. The number of phenolic OH excluding ortho intramolecular Hbond substituents is 1. The number of hydrogen-bond donors (Lipinski definition) is 1. The molecule has 6 heteroatoms. The van der Waals surface area contributed by atoms with Crippen molar-refractivity contribution in [3.05, 3.63) is 23.8 Å². The molecular weight excluding hydrogens is 306 g/mol. The first-order valence-corrected chi connectivity index (χ1v) is 7.47. The van der Waals surface area contributed by atoms with Gasteiger partial charge in [0.25, 0.3) is 0 Å². The second-order valence-electron chi connectivity index (χ2n) is 4.69. The predicted octanol–water partition coefficient (Wildman–Crippen LogP) is 3.10. The third-order valence-corrected chi connectivity index (χ3v) is 3.20. The molecule has 0 radical (unpaired) electrons. The highest BCUT2D eigenvalue weighted by Gasteiger charge is 2.14. The van der Waals surface area contributed by atoms with Crippen molar-refractivity contribution in [2.75, 3.05) is 32.8 Å². The summed E-state index contributed by atoms with van der Waals surface area (Å²) in [4.78, 5) is 14.1. The minimum Gasteiger partial charge on any atom is -0.507 e. The van der Waals surface area contributed by atoms with E-state index in [1.165, 1.54) is 12.1 Å². The number of phenols is 1. The average molecular weight is 332 g/mol. The van der Waals surface area contributed by atoms with Gasteiger partial charge in [0.1, 0.15) is 23.7 Å². The summed E-state index contributed by atoms with van der Waals surface area (Å²) in [6, 6.07) is 4.63. The summed E-state index contributed by atoms with van der Waals surface area (Å²) in [6.45, 7) is 9.55. The molecule has 1 aromatic rings. The third-order valence-electron chi connectivity index (χ3n) is 3.20. The van der Waals surface area contributed by atoms with Crippen molar-refractivity contribution in [2.45, 2.75) is 27.2 Å². The van der Waals surface area contributed by atoms with Crippen molar-refractivity contribution in [3.63, 3.8) is 0 Å². The molecule has 1 aromatic carbocycles. The van der Waals surface area contributed by atoms with Gasteiger partial charge in [0.2, 0.25) is 0 Å². The number of ether oxygens (including phenoxy) is 2. The molecule has 0 unspecified atom stereocenters. The van der Waals surface area contributed by atoms with Gasteiger partial charge >= 0.3 is 5.97 Å². The maximum absolute atomic E-state index is 11.9. The highest BCUT2D eigenvalue weighted by Crippen LogP contribution is 2.24. The van der Waals surface area contributed by atoms with E-state index < -0.39 is 5.97 Å². The standard InChI is InChI=1S/C16H25NO4.ClH/c1-4-10-20-13-7-8-14(15(18)12-13)16(19)21-11-9-17(5-2)6-3;/h7-8,12,18H,4-6,9-11H2,1-3H3;1H. The Hall–Kier alpha value is -1.46. The van der Waals surface area contributed by atoms with Crippen molar-refractivity contribution >= 4 is 18.4 Å². The number of likely N-dealkylation sites (N-methyl/N-ethyl adjacent to an activating group) is 1. The van der Waals surface area contributed by atoms with Crippen LogP contribution in [0.2, 0.25) is 0 Å². The minimum atomic E-state index is -0.512. The zero-order valence-electron chi connectivity index (χ0n) is 13.5. The summed E-state index contributed by atoms with van der Waals surface area (Å²) in [5, 5.41) is 9.87. The number of carbonyl (C=O) groups excluding carboxylic acids is 1. The Labute approximate surface area is 138 Å². The Morgan fingerprint density at radius 1 is 1.18 bits per heavy atom. The van der Waals surface area contributed by atoms with Crippen LogP contribution in [0.3, 0.4) is 0 Å².